The van der Waals surface area contributed by atoms with Crippen LogP contribution in [-0.4, -0.2) is 9.97 Å². The van der Waals surface area contributed by atoms with Gasteiger partial charge in [-0.05, 0) is 45.5 Å². The van der Waals surface area contributed by atoms with E-state index in [0.29, 0.717) is 0 Å². The van der Waals surface area contributed by atoms with Gasteiger partial charge < -0.3 is 0 Å². The van der Waals surface area contributed by atoms with Gasteiger partial charge in [0.2, 0.25) is 0 Å². The largest absolute Gasteiger partial charge is 0.228 e. The van der Waals surface area contributed by atoms with Crippen LogP contribution < -0.4 is 0 Å². The zero-order chi connectivity index (χ0) is 26.4. The molecule has 0 saturated heterocycles. The molecule has 7 rings (SSSR count). The Labute approximate surface area is 229 Å². The summed E-state index contributed by atoms with van der Waals surface area (Å²) in [5.41, 5.74) is 12.9. The van der Waals surface area contributed by atoms with Gasteiger partial charge in [0, 0.05) is 22.1 Å². The highest BCUT2D eigenvalue weighted by molar-refractivity contribution is 5.84. The molecule has 39 heavy (non-hydrogen) atoms. The van der Waals surface area contributed by atoms with Crippen LogP contribution in [0.3, 0.4) is 0 Å². The lowest BCUT2D eigenvalue weighted by Gasteiger charge is -2.22. The summed E-state index contributed by atoms with van der Waals surface area (Å²) < 4.78 is 0. The normalized spacial score (nSPS) is 13.1. The number of hydrogen-bond donors (Lipinski definition) is 0. The van der Waals surface area contributed by atoms with Gasteiger partial charge in [-0.2, -0.15) is 0 Å². The van der Waals surface area contributed by atoms with Crippen molar-refractivity contribution < 1.29 is 0 Å². The Morgan fingerprint density at radius 1 is 0.410 bits per heavy atom. The molecule has 2 nitrogen and oxygen atoms in total. The van der Waals surface area contributed by atoms with Gasteiger partial charge in [0.15, 0.2) is 5.82 Å². The van der Waals surface area contributed by atoms with Crippen LogP contribution in [0.4, 0.5) is 0 Å². The Morgan fingerprint density at radius 2 is 0.923 bits per heavy atom. The molecule has 1 aliphatic carbocycles. The minimum absolute atomic E-state index is 0.0125. The van der Waals surface area contributed by atoms with Crippen molar-refractivity contribution in [2.45, 2.75) is 19.3 Å². The Kier molecular flexibility index (Phi) is 5.49. The molecule has 6 aromatic rings. The van der Waals surface area contributed by atoms with Crippen molar-refractivity contribution in [1.82, 2.24) is 9.97 Å². The second-order valence-electron chi connectivity index (χ2n) is 10.7. The van der Waals surface area contributed by atoms with Crippen molar-refractivity contribution in [3.63, 3.8) is 0 Å². The number of benzene rings is 5. The highest BCUT2D eigenvalue weighted by Gasteiger charge is 2.35. The van der Waals surface area contributed by atoms with Crippen molar-refractivity contribution in [3.05, 3.63) is 145 Å². The first-order chi connectivity index (χ1) is 19.1. The minimum atomic E-state index is -0.0125. The molecule has 2 heteroatoms. The smallest absolute Gasteiger partial charge is 0.160 e. The average Bonchev–Trinajstić information content (AvgIpc) is 3.24. The van der Waals surface area contributed by atoms with Crippen molar-refractivity contribution >= 4 is 0 Å². The standard InChI is InChI=1S/C37H28N2/c1-37(2)32-16-10-9-15-30(32)31-22-21-29(23-33(31)37)25-17-19-28(20-18-25)36-38-34(26-11-5-3-6-12-26)24-35(39-36)27-13-7-4-8-14-27/h3-24H,1-2H3. The molecule has 1 aromatic heterocycles. The van der Waals surface area contributed by atoms with E-state index in [2.05, 4.69) is 111 Å². The third kappa shape index (κ3) is 4.06. The first-order valence-electron chi connectivity index (χ1n) is 13.4. The maximum Gasteiger partial charge on any atom is 0.160 e. The lowest BCUT2D eigenvalue weighted by atomic mass is 9.81. The molecular weight excluding hydrogens is 472 g/mol. The van der Waals surface area contributed by atoms with Crippen molar-refractivity contribution in [1.29, 1.82) is 0 Å². The molecule has 0 spiro atoms. The van der Waals surface area contributed by atoms with E-state index >= 15 is 0 Å². The Balaban J connectivity index is 1.28. The van der Waals surface area contributed by atoms with Crippen molar-refractivity contribution in [2.24, 2.45) is 0 Å². The summed E-state index contributed by atoms with van der Waals surface area (Å²) >= 11 is 0. The maximum atomic E-state index is 4.98. The van der Waals surface area contributed by atoms with Crippen LogP contribution >= 0.6 is 0 Å². The predicted molar refractivity (Wildman–Crippen MR) is 161 cm³/mol. The van der Waals surface area contributed by atoms with Crippen LogP contribution in [0.1, 0.15) is 25.0 Å². The number of nitrogens with zero attached hydrogens (tertiary/aromatic N) is 2. The summed E-state index contributed by atoms with van der Waals surface area (Å²) in [6.45, 7) is 4.65. The highest BCUT2D eigenvalue weighted by Crippen LogP contribution is 2.49. The van der Waals surface area contributed by atoms with Gasteiger partial charge in [0.1, 0.15) is 0 Å². The van der Waals surface area contributed by atoms with Crippen LogP contribution in [0.2, 0.25) is 0 Å². The second-order valence-corrected chi connectivity index (χ2v) is 10.7. The van der Waals surface area contributed by atoms with Crippen LogP contribution in [-0.2, 0) is 5.41 Å². The lowest BCUT2D eigenvalue weighted by molar-refractivity contribution is 0.660. The topological polar surface area (TPSA) is 25.8 Å². The van der Waals surface area contributed by atoms with Gasteiger partial charge in [0.05, 0.1) is 11.4 Å². The molecule has 0 radical (unpaired) electrons. The average molecular weight is 501 g/mol. The Hall–Kier alpha value is -4.82. The Bertz CT molecular complexity index is 1740. The summed E-state index contributed by atoms with van der Waals surface area (Å²) in [4.78, 5) is 9.96. The van der Waals surface area contributed by atoms with Crippen LogP contribution in [0.5, 0.6) is 0 Å². The number of hydrogen-bond acceptors (Lipinski definition) is 2. The van der Waals surface area contributed by atoms with E-state index < -0.39 is 0 Å². The molecule has 0 fully saturated rings. The van der Waals surface area contributed by atoms with Gasteiger partial charge in [-0.15, -0.1) is 0 Å². The summed E-state index contributed by atoms with van der Waals surface area (Å²) in [7, 11) is 0. The van der Waals surface area contributed by atoms with E-state index in [1.807, 2.05) is 36.4 Å². The summed E-state index contributed by atoms with van der Waals surface area (Å²) in [5, 5.41) is 0. The molecule has 1 heterocycles. The zero-order valence-corrected chi connectivity index (χ0v) is 22.1. The van der Waals surface area contributed by atoms with Crippen LogP contribution in [0.15, 0.2) is 133 Å². The first-order valence-corrected chi connectivity index (χ1v) is 13.4. The molecule has 0 amide bonds. The maximum absolute atomic E-state index is 4.98. The molecule has 0 atom stereocenters. The molecule has 5 aromatic carbocycles. The van der Waals surface area contributed by atoms with E-state index in [9.17, 15) is 0 Å². The molecular formula is C37H28N2. The van der Waals surface area contributed by atoms with E-state index in [0.717, 1.165) is 33.9 Å². The van der Waals surface area contributed by atoms with E-state index in [1.165, 1.54) is 33.4 Å². The molecule has 0 bridgehead atoms. The van der Waals surface area contributed by atoms with Crippen molar-refractivity contribution in [2.75, 3.05) is 0 Å². The van der Waals surface area contributed by atoms with Gasteiger partial charge in [0.25, 0.3) is 0 Å². The zero-order valence-electron chi connectivity index (χ0n) is 22.1. The summed E-state index contributed by atoms with van der Waals surface area (Å²) in [6, 6.07) is 47.0. The molecule has 186 valence electrons. The van der Waals surface area contributed by atoms with Gasteiger partial charge in [-0.25, -0.2) is 9.97 Å². The first kappa shape index (κ1) is 23.3. The summed E-state index contributed by atoms with van der Waals surface area (Å²) in [5.74, 6) is 0.729. The third-order valence-electron chi connectivity index (χ3n) is 7.93. The fourth-order valence-electron chi connectivity index (χ4n) is 5.79. The monoisotopic (exact) mass is 500 g/mol. The van der Waals surface area contributed by atoms with Gasteiger partial charge in [-0.3, -0.25) is 0 Å². The SMILES string of the molecule is CC1(C)c2ccccc2-c2ccc(-c3ccc(-c4nc(-c5ccccc5)cc(-c5ccccc5)n4)cc3)cc21. The summed E-state index contributed by atoms with van der Waals surface area (Å²) in [6.07, 6.45) is 0. The quantitative estimate of drug-likeness (QED) is 0.241. The molecule has 0 unspecified atom stereocenters. The molecule has 0 N–H and O–H groups in total. The van der Waals surface area contributed by atoms with Gasteiger partial charge >= 0.3 is 0 Å². The highest BCUT2D eigenvalue weighted by atomic mass is 14.9. The fourth-order valence-corrected chi connectivity index (χ4v) is 5.79. The fraction of sp³-hybridized carbons (Fsp3) is 0.0811. The second kappa shape index (κ2) is 9.18. The minimum Gasteiger partial charge on any atom is -0.228 e. The Morgan fingerprint density at radius 3 is 1.56 bits per heavy atom. The number of fused-ring (bicyclic) bond motifs is 3. The lowest BCUT2D eigenvalue weighted by Crippen LogP contribution is -2.14. The van der Waals surface area contributed by atoms with E-state index in [-0.39, 0.29) is 5.41 Å². The molecule has 0 aliphatic heterocycles. The van der Waals surface area contributed by atoms with Crippen LogP contribution in [0.25, 0.3) is 56.2 Å². The van der Waals surface area contributed by atoms with E-state index in [1.54, 1.807) is 0 Å². The molecule has 1 aliphatic rings. The number of aromatic nitrogens is 2. The molecule has 0 saturated carbocycles. The van der Waals surface area contributed by atoms with E-state index in [4.69, 9.17) is 9.97 Å². The third-order valence-corrected chi connectivity index (χ3v) is 7.93. The van der Waals surface area contributed by atoms with Crippen molar-refractivity contribution in [3.8, 4) is 56.2 Å². The van der Waals surface area contributed by atoms with Gasteiger partial charge in [-0.1, -0.05) is 135 Å². The predicted octanol–water partition coefficient (Wildman–Crippen LogP) is 9.45. The van der Waals surface area contributed by atoms with Crippen LogP contribution in [0, 0.1) is 0 Å². The number of rotatable bonds is 4.